The fourth-order valence-corrected chi connectivity index (χ4v) is 3.04. The molecule has 1 fully saturated rings. The van der Waals surface area contributed by atoms with Crippen LogP contribution in [0.15, 0.2) is 48.5 Å². The fourth-order valence-electron chi connectivity index (χ4n) is 3.04. The smallest absolute Gasteiger partial charge is 0.228 e. The van der Waals surface area contributed by atoms with Crippen LogP contribution in [-0.4, -0.2) is 25.9 Å². The molecule has 0 saturated heterocycles. The van der Waals surface area contributed by atoms with Gasteiger partial charge in [0.25, 0.3) is 0 Å². The Morgan fingerprint density at radius 2 is 1.30 bits per heavy atom. The van der Waals surface area contributed by atoms with Crippen molar-refractivity contribution in [1.82, 2.24) is 0 Å². The SMILES string of the molecule is CC(C)c1ccc(NC(=O)C2CC2C(=O)Nc2ccc(N(C)C)cc2)cc1. The number of nitrogens with zero attached hydrogens (tertiary/aromatic N) is 1. The third-order valence-corrected chi connectivity index (χ3v) is 4.96. The molecular weight excluding hydrogens is 338 g/mol. The molecule has 0 bridgehead atoms. The van der Waals surface area contributed by atoms with Crippen LogP contribution < -0.4 is 15.5 Å². The van der Waals surface area contributed by atoms with E-state index in [1.165, 1.54) is 5.56 Å². The van der Waals surface area contributed by atoms with Gasteiger partial charge in [0.15, 0.2) is 0 Å². The van der Waals surface area contributed by atoms with Crippen LogP contribution in [-0.2, 0) is 9.59 Å². The molecule has 2 aromatic carbocycles. The number of anilines is 3. The molecule has 0 spiro atoms. The van der Waals surface area contributed by atoms with Crippen molar-refractivity contribution < 1.29 is 9.59 Å². The summed E-state index contributed by atoms with van der Waals surface area (Å²) in [5.41, 5.74) is 3.83. The lowest BCUT2D eigenvalue weighted by molar-refractivity contribution is -0.122. The molecule has 2 aromatic rings. The van der Waals surface area contributed by atoms with E-state index in [0.29, 0.717) is 12.3 Å². The van der Waals surface area contributed by atoms with E-state index < -0.39 is 0 Å². The van der Waals surface area contributed by atoms with Gasteiger partial charge in [-0.05, 0) is 54.3 Å². The Balaban J connectivity index is 1.52. The van der Waals surface area contributed by atoms with Crippen LogP contribution in [0.25, 0.3) is 0 Å². The van der Waals surface area contributed by atoms with Gasteiger partial charge in [-0.25, -0.2) is 0 Å². The molecule has 0 aromatic heterocycles. The van der Waals surface area contributed by atoms with Crippen LogP contribution in [0.2, 0.25) is 0 Å². The van der Waals surface area contributed by atoms with E-state index in [4.69, 9.17) is 0 Å². The normalized spacial score (nSPS) is 18.1. The molecule has 2 unspecified atom stereocenters. The molecule has 2 amide bonds. The van der Waals surface area contributed by atoms with E-state index in [0.717, 1.165) is 17.1 Å². The molecule has 142 valence electrons. The van der Waals surface area contributed by atoms with Crippen LogP contribution in [0.1, 0.15) is 31.7 Å². The Kier molecular flexibility index (Phi) is 5.49. The second-order valence-corrected chi connectivity index (χ2v) is 7.65. The van der Waals surface area contributed by atoms with Gasteiger partial charge in [0.05, 0.1) is 11.8 Å². The molecule has 1 aliphatic carbocycles. The van der Waals surface area contributed by atoms with Gasteiger partial charge in [-0.2, -0.15) is 0 Å². The number of nitrogens with one attached hydrogen (secondary N) is 2. The maximum atomic E-state index is 12.4. The van der Waals surface area contributed by atoms with E-state index in [-0.39, 0.29) is 23.7 Å². The number of amides is 2. The van der Waals surface area contributed by atoms with E-state index in [1.807, 2.05) is 67.5 Å². The second kappa shape index (κ2) is 7.82. The Bertz CT molecular complexity index is 741. The standard InChI is InChI=1S/C22H27N3O2/c1-14(2)15-5-7-16(8-6-15)23-21(26)19-13-20(19)22(27)24-17-9-11-18(12-10-17)25(3)4/h5-12,14,19-20H,13H2,1-4H3,(H,23,26)(H,24,27). The number of hydrogen-bond donors (Lipinski definition) is 2. The Morgan fingerprint density at radius 1 is 0.852 bits per heavy atom. The summed E-state index contributed by atoms with van der Waals surface area (Å²) in [7, 11) is 3.94. The zero-order valence-corrected chi connectivity index (χ0v) is 16.3. The molecule has 1 saturated carbocycles. The highest BCUT2D eigenvalue weighted by atomic mass is 16.2. The maximum absolute atomic E-state index is 12.4. The topological polar surface area (TPSA) is 61.4 Å². The minimum absolute atomic E-state index is 0.0876. The summed E-state index contributed by atoms with van der Waals surface area (Å²) >= 11 is 0. The average Bonchev–Trinajstić information content (AvgIpc) is 3.43. The maximum Gasteiger partial charge on any atom is 0.228 e. The fraction of sp³-hybridized carbons (Fsp3) is 0.364. The van der Waals surface area contributed by atoms with Crippen LogP contribution in [0.4, 0.5) is 17.1 Å². The Morgan fingerprint density at radius 3 is 1.70 bits per heavy atom. The summed E-state index contributed by atoms with van der Waals surface area (Å²) in [6, 6.07) is 15.5. The lowest BCUT2D eigenvalue weighted by Gasteiger charge is -2.13. The van der Waals surface area contributed by atoms with Crippen molar-refractivity contribution in [1.29, 1.82) is 0 Å². The second-order valence-electron chi connectivity index (χ2n) is 7.65. The lowest BCUT2D eigenvalue weighted by atomic mass is 10.0. The molecule has 5 heteroatoms. The first-order valence-electron chi connectivity index (χ1n) is 9.34. The van der Waals surface area contributed by atoms with E-state index in [9.17, 15) is 9.59 Å². The summed E-state index contributed by atoms with van der Waals surface area (Å²) in [4.78, 5) is 26.8. The highest BCUT2D eigenvalue weighted by molar-refractivity contribution is 6.03. The number of carbonyl (C=O) groups is 2. The van der Waals surface area contributed by atoms with Gasteiger partial charge >= 0.3 is 0 Å². The molecule has 3 rings (SSSR count). The van der Waals surface area contributed by atoms with E-state index in [2.05, 4.69) is 24.5 Å². The summed E-state index contributed by atoms with van der Waals surface area (Å²) in [6.45, 7) is 4.27. The molecule has 2 N–H and O–H groups in total. The highest BCUT2D eigenvalue weighted by Crippen LogP contribution is 2.40. The van der Waals surface area contributed by atoms with Crippen LogP contribution in [0.5, 0.6) is 0 Å². The van der Waals surface area contributed by atoms with E-state index in [1.54, 1.807) is 0 Å². The lowest BCUT2D eigenvalue weighted by Crippen LogP contribution is -2.20. The predicted molar refractivity (Wildman–Crippen MR) is 110 cm³/mol. The molecule has 1 aliphatic rings. The summed E-state index contributed by atoms with van der Waals surface area (Å²) in [5, 5.41) is 5.82. The van der Waals surface area contributed by atoms with Crippen molar-refractivity contribution >= 4 is 28.9 Å². The zero-order valence-electron chi connectivity index (χ0n) is 16.3. The highest BCUT2D eigenvalue weighted by Gasteiger charge is 2.48. The van der Waals surface area contributed by atoms with Gasteiger partial charge < -0.3 is 15.5 Å². The molecule has 0 radical (unpaired) electrons. The number of benzene rings is 2. The quantitative estimate of drug-likeness (QED) is 0.810. The van der Waals surface area contributed by atoms with Gasteiger partial charge in [-0.15, -0.1) is 0 Å². The van der Waals surface area contributed by atoms with Gasteiger partial charge in [0, 0.05) is 31.2 Å². The largest absolute Gasteiger partial charge is 0.378 e. The Labute approximate surface area is 160 Å². The van der Waals surface area contributed by atoms with Crippen molar-refractivity contribution in [2.45, 2.75) is 26.2 Å². The number of rotatable bonds is 6. The summed E-state index contributed by atoms with van der Waals surface area (Å²) < 4.78 is 0. The minimum Gasteiger partial charge on any atom is -0.378 e. The first-order valence-corrected chi connectivity index (χ1v) is 9.34. The van der Waals surface area contributed by atoms with Crippen LogP contribution in [0, 0.1) is 11.8 Å². The minimum atomic E-state index is -0.256. The van der Waals surface area contributed by atoms with Gasteiger partial charge in [0.1, 0.15) is 0 Å². The molecule has 0 heterocycles. The van der Waals surface area contributed by atoms with Gasteiger partial charge in [0.2, 0.25) is 11.8 Å². The predicted octanol–water partition coefficient (Wildman–Crippen LogP) is 4.09. The molecule has 0 aliphatic heterocycles. The summed E-state index contributed by atoms with van der Waals surface area (Å²) in [6.07, 6.45) is 0.595. The average molecular weight is 365 g/mol. The van der Waals surface area contributed by atoms with Crippen LogP contribution in [0.3, 0.4) is 0 Å². The third kappa shape index (κ3) is 4.67. The van der Waals surface area contributed by atoms with Crippen LogP contribution >= 0.6 is 0 Å². The van der Waals surface area contributed by atoms with Gasteiger partial charge in [-0.3, -0.25) is 9.59 Å². The summed E-state index contributed by atoms with van der Waals surface area (Å²) in [5.74, 6) is -0.236. The molecular formula is C22H27N3O2. The van der Waals surface area contributed by atoms with Crippen molar-refractivity contribution in [2.24, 2.45) is 11.8 Å². The third-order valence-electron chi connectivity index (χ3n) is 4.96. The van der Waals surface area contributed by atoms with E-state index >= 15 is 0 Å². The van der Waals surface area contributed by atoms with Crippen molar-refractivity contribution in [3.63, 3.8) is 0 Å². The van der Waals surface area contributed by atoms with Crippen molar-refractivity contribution in [3.05, 3.63) is 54.1 Å². The molecule has 5 nitrogen and oxygen atoms in total. The Hall–Kier alpha value is -2.82. The first kappa shape index (κ1) is 19.0. The zero-order chi connectivity index (χ0) is 19.6. The molecule has 27 heavy (non-hydrogen) atoms. The van der Waals surface area contributed by atoms with Gasteiger partial charge in [-0.1, -0.05) is 26.0 Å². The van der Waals surface area contributed by atoms with Crippen molar-refractivity contribution in [2.75, 3.05) is 29.6 Å². The number of carbonyl (C=O) groups excluding carboxylic acids is 2. The first-order chi connectivity index (χ1) is 12.8. The molecule has 2 atom stereocenters. The van der Waals surface area contributed by atoms with Crippen molar-refractivity contribution in [3.8, 4) is 0 Å². The number of hydrogen-bond acceptors (Lipinski definition) is 3. The monoisotopic (exact) mass is 365 g/mol.